The van der Waals surface area contributed by atoms with Gasteiger partial charge in [-0.25, -0.2) is 9.59 Å². The van der Waals surface area contributed by atoms with E-state index in [0.29, 0.717) is 19.2 Å². The minimum atomic E-state index is -1.24. The van der Waals surface area contributed by atoms with Crippen LogP contribution in [0.15, 0.2) is 29.7 Å². The third-order valence-corrected chi connectivity index (χ3v) is 3.06. The van der Waals surface area contributed by atoms with Crippen molar-refractivity contribution in [2.24, 2.45) is 0 Å². The molecule has 1 aromatic rings. The number of rotatable bonds is 5. The minimum Gasteiger partial charge on any atom is -0.478 e. The van der Waals surface area contributed by atoms with Gasteiger partial charge in [0.15, 0.2) is 0 Å². The number of thiophene rings is 1. The second kappa shape index (κ2) is 7.32. The van der Waals surface area contributed by atoms with Gasteiger partial charge in [-0.1, -0.05) is 6.07 Å². The number of hydrogen-bond acceptors (Lipinski definition) is 4. The number of amides is 3. The summed E-state index contributed by atoms with van der Waals surface area (Å²) in [6, 6.07) is 3.23. The molecule has 0 spiro atoms. The van der Waals surface area contributed by atoms with Crippen molar-refractivity contribution in [3.63, 3.8) is 0 Å². The first-order valence-electron chi connectivity index (χ1n) is 5.56. The van der Waals surface area contributed by atoms with Gasteiger partial charge in [-0.2, -0.15) is 0 Å². The number of urea groups is 1. The molecule has 0 radical (unpaired) electrons. The normalized spacial score (nSPS) is 10.4. The van der Waals surface area contributed by atoms with Gasteiger partial charge in [-0.3, -0.25) is 10.1 Å². The molecule has 7 heteroatoms. The van der Waals surface area contributed by atoms with Crippen LogP contribution in [0.25, 0.3) is 0 Å². The SMILES string of the molecule is CCN(Cc1cccs1)C(=O)NC(=O)/C=C/C(=O)O. The molecule has 0 aliphatic carbocycles. The van der Waals surface area contributed by atoms with E-state index in [1.165, 1.54) is 16.2 Å². The second-order valence-electron chi connectivity index (χ2n) is 3.56. The molecular formula is C12H14N2O4S. The number of carbonyl (C=O) groups excluding carboxylic acids is 2. The molecule has 0 aromatic carbocycles. The highest BCUT2D eigenvalue weighted by atomic mass is 32.1. The summed E-state index contributed by atoms with van der Waals surface area (Å²) in [7, 11) is 0. The van der Waals surface area contributed by atoms with Gasteiger partial charge in [0.05, 0.1) is 6.54 Å². The van der Waals surface area contributed by atoms with Crippen molar-refractivity contribution in [3.05, 3.63) is 34.5 Å². The summed E-state index contributed by atoms with van der Waals surface area (Å²) in [4.78, 5) is 35.7. The zero-order valence-electron chi connectivity index (χ0n) is 10.3. The predicted molar refractivity (Wildman–Crippen MR) is 70.7 cm³/mol. The molecule has 3 amide bonds. The Morgan fingerprint density at radius 1 is 1.42 bits per heavy atom. The van der Waals surface area contributed by atoms with Crippen molar-refractivity contribution in [2.75, 3.05) is 6.54 Å². The summed E-state index contributed by atoms with van der Waals surface area (Å²) in [5.41, 5.74) is 0. The molecule has 0 bridgehead atoms. The molecule has 1 heterocycles. The first-order chi connectivity index (χ1) is 9.02. The van der Waals surface area contributed by atoms with Crippen LogP contribution in [0.5, 0.6) is 0 Å². The van der Waals surface area contributed by atoms with E-state index in [4.69, 9.17) is 5.11 Å². The standard InChI is InChI=1S/C12H14N2O4S/c1-2-14(8-9-4-3-7-19-9)12(18)13-10(15)5-6-11(16)17/h3-7H,2,8H2,1H3,(H,16,17)(H,13,15,18)/b6-5+. The van der Waals surface area contributed by atoms with Gasteiger partial charge in [0, 0.05) is 23.6 Å². The molecule has 1 aromatic heterocycles. The van der Waals surface area contributed by atoms with Gasteiger partial charge >= 0.3 is 12.0 Å². The van der Waals surface area contributed by atoms with Crippen LogP contribution in [0.4, 0.5) is 4.79 Å². The van der Waals surface area contributed by atoms with Crippen LogP contribution < -0.4 is 5.32 Å². The molecule has 0 aliphatic rings. The molecule has 19 heavy (non-hydrogen) atoms. The second-order valence-corrected chi connectivity index (χ2v) is 4.59. The molecule has 0 saturated carbocycles. The van der Waals surface area contributed by atoms with Crippen molar-refractivity contribution in [3.8, 4) is 0 Å². The first-order valence-corrected chi connectivity index (χ1v) is 6.44. The van der Waals surface area contributed by atoms with Crippen molar-refractivity contribution in [2.45, 2.75) is 13.5 Å². The number of nitrogens with one attached hydrogen (secondary N) is 1. The Kier molecular flexibility index (Phi) is 5.74. The van der Waals surface area contributed by atoms with Crippen molar-refractivity contribution < 1.29 is 19.5 Å². The summed E-state index contributed by atoms with van der Waals surface area (Å²) in [6.45, 7) is 2.65. The Morgan fingerprint density at radius 2 is 2.16 bits per heavy atom. The van der Waals surface area contributed by atoms with Crippen LogP contribution in [0.2, 0.25) is 0 Å². The first kappa shape index (κ1) is 14.9. The molecular weight excluding hydrogens is 268 g/mol. The van der Waals surface area contributed by atoms with E-state index in [1.54, 1.807) is 6.92 Å². The molecule has 0 atom stereocenters. The fourth-order valence-corrected chi connectivity index (χ4v) is 2.01. The number of imide groups is 1. The quantitative estimate of drug-likeness (QED) is 0.800. The Balaban J connectivity index is 2.54. The smallest absolute Gasteiger partial charge is 0.328 e. The van der Waals surface area contributed by atoms with E-state index in [9.17, 15) is 14.4 Å². The summed E-state index contributed by atoms with van der Waals surface area (Å²) in [5, 5.41) is 12.4. The topological polar surface area (TPSA) is 86.7 Å². The van der Waals surface area contributed by atoms with E-state index in [-0.39, 0.29) is 0 Å². The average molecular weight is 282 g/mol. The third-order valence-electron chi connectivity index (χ3n) is 2.20. The van der Waals surface area contributed by atoms with Gasteiger partial charge in [-0.05, 0) is 18.4 Å². The summed E-state index contributed by atoms with van der Waals surface area (Å²) in [6.07, 6.45) is 1.48. The van der Waals surface area contributed by atoms with E-state index in [0.717, 1.165) is 11.0 Å². The largest absolute Gasteiger partial charge is 0.478 e. The van der Waals surface area contributed by atoms with E-state index in [1.807, 2.05) is 17.5 Å². The van der Waals surface area contributed by atoms with Gasteiger partial charge < -0.3 is 10.0 Å². The van der Waals surface area contributed by atoms with Gasteiger partial charge in [0.25, 0.3) is 5.91 Å². The predicted octanol–water partition coefficient (Wildman–Crippen LogP) is 1.45. The maximum Gasteiger partial charge on any atom is 0.328 e. The molecule has 0 unspecified atom stereocenters. The molecule has 6 nitrogen and oxygen atoms in total. The summed E-state index contributed by atoms with van der Waals surface area (Å²) >= 11 is 1.52. The van der Waals surface area contributed by atoms with Crippen LogP contribution in [-0.2, 0) is 16.1 Å². The number of carboxylic acid groups (broad SMARTS) is 1. The number of nitrogens with zero attached hydrogens (tertiary/aromatic N) is 1. The van der Waals surface area contributed by atoms with E-state index >= 15 is 0 Å². The Morgan fingerprint density at radius 3 is 2.68 bits per heavy atom. The number of carbonyl (C=O) groups is 3. The molecule has 0 saturated heterocycles. The lowest BCUT2D eigenvalue weighted by Gasteiger charge is -2.19. The fraction of sp³-hybridized carbons (Fsp3) is 0.250. The maximum atomic E-state index is 11.8. The van der Waals surface area contributed by atoms with Gasteiger partial charge in [0.1, 0.15) is 0 Å². The highest BCUT2D eigenvalue weighted by molar-refractivity contribution is 7.09. The summed E-state index contributed by atoms with van der Waals surface area (Å²) < 4.78 is 0. The Labute approximate surface area is 114 Å². The lowest BCUT2D eigenvalue weighted by atomic mass is 10.4. The molecule has 0 fully saturated rings. The Bertz CT molecular complexity index is 482. The fourth-order valence-electron chi connectivity index (χ4n) is 1.29. The van der Waals surface area contributed by atoms with Crippen LogP contribution >= 0.6 is 11.3 Å². The van der Waals surface area contributed by atoms with Crippen LogP contribution in [0.3, 0.4) is 0 Å². The van der Waals surface area contributed by atoms with Crippen LogP contribution in [-0.4, -0.2) is 34.5 Å². The number of hydrogen-bond donors (Lipinski definition) is 2. The lowest BCUT2D eigenvalue weighted by molar-refractivity contribution is -0.131. The number of aliphatic carboxylic acids is 1. The number of carboxylic acids is 1. The highest BCUT2D eigenvalue weighted by Gasteiger charge is 2.14. The minimum absolute atomic E-state index is 0.413. The van der Waals surface area contributed by atoms with Crippen LogP contribution in [0, 0.1) is 0 Å². The third kappa shape index (κ3) is 5.35. The van der Waals surface area contributed by atoms with Crippen molar-refractivity contribution in [1.29, 1.82) is 0 Å². The van der Waals surface area contributed by atoms with E-state index in [2.05, 4.69) is 5.32 Å². The summed E-state index contributed by atoms with van der Waals surface area (Å²) in [5.74, 6) is -1.99. The Hall–Kier alpha value is -2.15. The van der Waals surface area contributed by atoms with Gasteiger partial charge in [0.2, 0.25) is 0 Å². The zero-order valence-corrected chi connectivity index (χ0v) is 11.1. The molecule has 0 aliphatic heterocycles. The van der Waals surface area contributed by atoms with Crippen molar-refractivity contribution in [1.82, 2.24) is 10.2 Å². The van der Waals surface area contributed by atoms with Crippen LogP contribution in [0.1, 0.15) is 11.8 Å². The van der Waals surface area contributed by atoms with E-state index < -0.39 is 17.9 Å². The average Bonchev–Trinajstić information content (AvgIpc) is 2.86. The monoisotopic (exact) mass is 282 g/mol. The molecule has 2 N–H and O–H groups in total. The maximum absolute atomic E-state index is 11.8. The molecule has 102 valence electrons. The van der Waals surface area contributed by atoms with Gasteiger partial charge in [-0.15, -0.1) is 11.3 Å². The lowest BCUT2D eigenvalue weighted by Crippen LogP contribution is -2.41. The highest BCUT2D eigenvalue weighted by Crippen LogP contribution is 2.11. The zero-order chi connectivity index (χ0) is 14.3. The van der Waals surface area contributed by atoms with Crippen molar-refractivity contribution >= 4 is 29.2 Å². The molecule has 1 rings (SSSR count).